The molecule has 3 aromatic rings. The normalized spacial score (nSPS) is 16.6. The third-order valence-electron chi connectivity index (χ3n) is 4.99. The smallest absolute Gasteiger partial charge is 0.147 e. The van der Waals surface area contributed by atoms with Crippen LogP contribution in [0.3, 0.4) is 0 Å². The maximum absolute atomic E-state index is 10.2. The Morgan fingerprint density at radius 2 is 2.03 bits per heavy atom. The number of aliphatic hydroxyl groups excluding tert-OH is 1. The molecular weight excluding hydrogens is 423 g/mol. The molecule has 0 spiro atoms. The summed E-state index contributed by atoms with van der Waals surface area (Å²) < 4.78 is 6.10. The topological polar surface area (TPSA) is 70.5 Å². The Bertz CT molecular complexity index is 1030. The Morgan fingerprint density at radius 3 is 2.73 bits per heavy atom. The van der Waals surface area contributed by atoms with Crippen LogP contribution in [0.25, 0.3) is 0 Å². The number of benzene rings is 1. The van der Waals surface area contributed by atoms with E-state index in [2.05, 4.69) is 15.3 Å². The summed E-state index contributed by atoms with van der Waals surface area (Å²) in [6.07, 6.45) is 4.56. The first kappa shape index (κ1) is 20.9. The van der Waals surface area contributed by atoms with Gasteiger partial charge in [0.2, 0.25) is 0 Å². The van der Waals surface area contributed by atoms with Gasteiger partial charge in [0.15, 0.2) is 0 Å². The number of rotatable bonds is 6. The summed E-state index contributed by atoms with van der Waals surface area (Å²) in [5, 5.41) is 14.7. The summed E-state index contributed by atoms with van der Waals surface area (Å²) >= 11 is 12.1. The van der Waals surface area contributed by atoms with Crippen LogP contribution >= 0.6 is 23.2 Å². The quantitative estimate of drug-likeness (QED) is 0.519. The Hall–Kier alpha value is -2.38. The molecule has 1 fully saturated rings. The molecule has 0 radical (unpaired) electrons. The zero-order valence-corrected chi connectivity index (χ0v) is 18.0. The van der Waals surface area contributed by atoms with Crippen molar-refractivity contribution in [2.45, 2.75) is 32.5 Å². The second-order valence-electron chi connectivity index (χ2n) is 7.24. The van der Waals surface area contributed by atoms with E-state index >= 15 is 0 Å². The number of halogens is 2. The van der Waals surface area contributed by atoms with Crippen molar-refractivity contribution in [2.24, 2.45) is 0 Å². The van der Waals surface area contributed by atoms with E-state index < -0.39 is 6.23 Å². The first-order chi connectivity index (χ1) is 14.5. The van der Waals surface area contributed by atoms with Crippen molar-refractivity contribution in [1.82, 2.24) is 14.9 Å². The van der Waals surface area contributed by atoms with Crippen LogP contribution in [-0.4, -0.2) is 32.7 Å². The van der Waals surface area contributed by atoms with Crippen molar-refractivity contribution in [3.8, 4) is 11.5 Å². The fourth-order valence-corrected chi connectivity index (χ4v) is 3.63. The fourth-order valence-electron chi connectivity index (χ4n) is 3.36. The number of anilines is 2. The van der Waals surface area contributed by atoms with Crippen molar-refractivity contribution in [3.63, 3.8) is 0 Å². The molecule has 4 rings (SSSR count). The number of nitrogens with zero attached hydrogens (tertiary/aromatic N) is 3. The second-order valence-corrected chi connectivity index (χ2v) is 8.09. The SMILES string of the molecule is Cc1ncc(Oc2ccc(Nc3ccc(Cl)cn3)cc2CN2CCCC2O)cc1Cl. The van der Waals surface area contributed by atoms with E-state index in [1.54, 1.807) is 24.5 Å². The molecule has 1 aliphatic heterocycles. The van der Waals surface area contributed by atoms with Gasteiger partial charge in [-0.25, -0.2) is 4.98 Å². The van der Waals surface area contributed by atoms with Crippen LogP contribution < -0.4 is 10.1 Å². The summed E-state index contributed by atoms with van der Waals surface area (Å²) in [7, 11) is 0. The highest BCUT2D eigenvalue weighted by Crippen LogP contribution is 2.32. The number of hydrogen-bond donors (Lipinski definition) is 2. The number of ether oxygens (including phenoxy) is 1. The van der Waals surface area contributed by atoms with Gasteiger partial charge in [0.1, 0.15) is 23.5 Å². The monoisotopic (exact) mass is 444 g/mol. The molecule has 0 amide bonds. The van der Waals surface area contributed by atoms with Gasteiger partial charge in [0, 0.05) is 36.6 Å². The highest BCUT2D eigenvalue weighted by atomic mass is 35.5. The van der Waals surface area contributed by atoms with Crippen LogP contribution in [0.15, 0.2) is 48.8 Å². The number of nitrogens with one attached hydrogen (secondary N) is 1. The number of pyridine rings is 2. The highest BCUT2D eigenvalue weighted by molar-refractivity contribution is 6.31. The standard InChI is InChI=1S/C22H22Cl2N4O2/c1-14-19(24)10-18(12-25-14)30-20-6-5-17(27-21-7-4-16(23)11-26-21)9-15(20)13-28-8-2-3-22(28)29/h4-7,9-12,22,29H,2-3,8,13H2,1H3,(H,26,27). The maximum Gasteiger partial charge on any atom is 0.147 e. The van der Waals surface area contributed by atoms with Crippen LogP contribution in [0.5, 0.6) is 11.5 Å². The lowest BCUT2D eigenvalue weighted by Crippen LogP contribution is -2.28. The number of aryl methyl sites for hydroxylation is 1. The first-order valence-corrected chi connectivity index (χ1v) is 10.5. The third-order valence-corrected chi connectivity index (χ3v) is 5.60. The molecule has 0 bridgehead atoms. The van der Waals surface area contributed by atoms with Crippen LogP contribution in [0.2, 0.25) is 10.0 Å². The van der Waals surface area contributed by atoms with Crippen molar-refractivity contribution >= 4 is 34.7 Å². The molecule has 0 saturated carbocycles. The lowest BCUT2D eigenvalue weighted by atomic mass is 10.1. The second kappa shape index (κ2) is 9.18. The van der Waals surface area contributed by atoms with Gasteiger partial charge in [0.25, 0.3) is 0 Å². The van der Waals surface area contributed by atoms with E-state index in [1.165, 1.54) is 0 Å². The summed E-state index contributed by atoms with van der Waals surface area (Å²) in [4.78, 5) is 10.6. The molecule has 1 unspecified atom stereocenters. The van der Waals surface area contributed by atoms with Crippen molar-refractivity contribution in [3.05, 3.63) is 70.1 Å². The molecule has 1 aliphatic rings. The average Bonchev–Trinajstić information content (AvgIpc) is 3.13. The number of aromatic nitrogens is 2. The molecule has 6 nitrogen and oxygen atoms in total. The molecule has 1 saturated heterocycles. The van der Waals surface area contributed by atoms with Crippen molar-refractivity contribution < 1.29 is 9.84 Å². The van der Waals surface area contributed by atoms with Gasteiger partial charge in [-0.15, -0.1) is 0 Å². The van der Waals surface area contributed by atoms with E-state index in [1.807, 2.05) is 36.1 Å². The van der Waals surface area contributed by atoms with Gasteiger partial charge in [-0.05, 0) is 50.1 Å². The van der Waals surface area contributed by atoms with Gasteiger partial charge in [-0.3, -0.25) is 9.88 Å². The summed E-state index contributed by atoms with van der Waals surface area (Å²) in [5.41, 5.74) is 2.55. The summed E-state index contributed by atoms with van der Waals surface area (Å²) in [5.74, 6) is 1.94. The van der Waals surface area contributed by atoms with E-state index in [9.17, 15) is 5.11 Å². The molecule has 2 aromatic heterocycles. The molecule has 156 valence electrons. The molecule has 8 heteroatoms. The third kappa shape index (κ3) is 5.02. The molecule has 30 heavy (non-hydrogen) atoms. The summed E-state index contributed by atoms with van der Waals surface area (Å²) in [6.45, 7) is 3.25. The zero-order valence-electron chi connectivity index (χ0n) is 16.5. The Kier molecular flexibility index (Phi) is 6.39. The van der Waals surface area contributed by atoms with E-state index in [0.717, 1.165) is 36.3 Å². The minimum absolute atomic E-state index is 0.442. The van der Waals surface area contributed by atoms with Gasteiger partial charge in [0.05, 0.1) is 21.9 Å². The largest absolute Gasteiger partial charge is 0.455 e. The highest BCUT2D eigenvalue weighted by Gasteiger charge is 2.23. The Balaban J connectivity index is 1.61. The van der Waals surface area contributed by atoms with Crippen molar-refractivity contribution in [1.29, 1.82) is 0 Å². The lowest BCUT2D eigenvalue weighted by Gasteiger charge is -2.22. The average molecular weight is 445 g/mol. The molecule has 3 heterocycles. The van der Waals surface area contributed by atoms with E-state index in [-0.39, 0.29) is 0 Å². The summed E-state index contributed by atoms with van der Waals surface area (Å²) in [6, 6.07) is 11.2. The number of aliphatic hydroxyl groups is 1. The molecule has 2 N–H and O–H groups in total. The predicted octanol–water partition coefficient (Wildman–Crippen LogP) is 5.54. The van der Waals surface area contributed by atoms with Crippen LogP contribution in [0, 0.1) is 6.92 Å². The van der Waals surface area contributed by atoms with Gasteiger partial charge in [-0.1, -0.05) is 23.2 Å². The minimum Gasteiger partial charge on any atom is -0.455 e. The molecule has 0 aliphatic carbocycles. The molecule has 1 aromatic carbocycles. The minimum atomic E-state index is -0.442. The van der Waals surface area contributed by atoms with E-state index in [4.69, 9.17) is 27.9 Å². The maximum atomic E-state index is 10.2. The molecular formula is C22H22Cl2N4O2. The van der Waals surface area contributed by atoms with Gasteiger partial charge >= 0.3 is 0 Å². The Labute approximate surface area is 185 Å². The van der Waals surface area contributed by atoms with Crippen LogP contribution in [0.1, 0.15) is 24.1 Å². The Morgan fingerprint density at radius 1 is 1.17 bits per heavy atom. The van der Waals surface area contributed by atoms with Crippen LogP contribution in [0.4, 0.5) is 11.5 Å². The number of likely N-dealkylation sites (tertiary alicyclic amines) is 1. The lowest BCUT2D eigenvalue weighted by molar-refractivity contribution is 0.0325. The van der Waals surface area contributed by atoms with Crippen LogP contribution in [-0.2, 0) is 6.54 Å². The molecule has 1 atom stereocenters. The fraction of sp³-hybridized carbons (Fsp3) is 0.273. The zero-order chi connectivity index (χ0) is 21.1. The van der Waals surface area contributed by atoms with Gasteiger partial charge in [-0.2, -0.15) is 0 Å². The van der Waals surface area contributed by atoms with E-state index in [0.29, 0.717) is 33.9 Å². The van der Waals surface area contributed by atoms with Gasteiger partial charge < -0.3 is 15.2 Å². The predicted molar refractivity (Wildman–Crippen MR) is 119 cm³/mol. The van der Waals surface area contributed by atoms with Crippen molar-refractivity contribution in [2.75, 3.05) is 11.9 Å². The number of hydrogen-bond acceptors (Lipinski definition) is 6. The first-order valence-electron chi connectivity index (χ1n) is 9.71.